The SMILES string of the molecule is CS(=O)(=O)c1cc(N)cc(C(=O)Nc2ccccc2F)c1. The summed E-state index contributed by atoms with van der Waals surface area (Å²) >= 11 is 0. The molecule has 0 saturated carbocycles. The average molecular weight is 308 g/mol. The summed E-state index contributed by atoms with van der Waals surface area (Å²) in [6.45, 7) is 0. The summed E-state index contributed by atoms with van der Waals surface area (Å²) < 4.78 is 36.5. The van der Waals surface area contributed by atoms with Crippen molar-refractivity contribution in [3.8, 4) is 0 Å². The van der Waals surface area contributed by atoms with E-state index in [9.17, 15) is 17.6 Å². The van der Waals surface area contributed by atoms with Gasteiger partial charge in [-0.25, -0.2) is 12.8 Å². The Morgan fingerprint density at radius 2 is 1.86 bits per heavy atom. The third kappa shape index (κ3) is 3.57. The summed E-state index contributed by atoms with van der Waals surface area (Å²) in [5.41, 5.74) is 5.78. The lowest BCUT2D eigenvalue weighted by Crippen LogP contribution is -2.14. The van der Waals surface area contributed by atoms with Crippen molar-refractivity contribution in [1.82, 2.24) is 0 Å². The Labute approximate surface area is 121 Å². The number of rotatable bonds is 3. The molecular weight excluding hydrogens is 295 g/mol. The van der Waals surface area contributed by atoms with Gasteiger partial charge in [0.15, 0.2) is 9.84 Å². The predicted octanol–water partition coefficient (Wildman–Crippen LogP) is 2.06. The predicted molar refractivity (Wildman–Crippen MR) is 78.3 cm³/mol. The first-order valence-corrected chi connectivity index (χ1v) is 7.83. The first-order valence-electron chi connectivity index (χ1n) is 5.94. The fraction of sp³-hybridized carbons (Fsp3) is 0.0714. The number of benzene rings is 2. The lowest BCUT2D eigenvalue weighted by molar-refractivity contribution is 0.102. The number of nitrogens with two attached hydrogens (primary N) is 1. The summed E-state index contributed by atoms with van der Waals surface area (Å²) in [4.78, 5) is 12.0. The van der Waals surface area contributed by atoms with E-state index in [4.69, 9.17) is 5.73 Å². The van der Waals surface area contributed by atoms with Gasteiger partial charge in [0.1, 0.15) is 5.82 Å². The van der Waals surface area contributed by atoms with E-state index in [-0.39, 0.29) is 21.8 Å². The molecule has 110 valence electrons. The highest BCUT2D eigenvalue weighted by Gasteiger charge is 2.14. The van der Waals surface area contributed by atoms with Gasteiger partial charge < -0.3 is 11.1 Å². The zero-order valence-corrected chi connectivity index (χ0v) is 11.9. The summed E-state index contributed by atoms with van der Waals surface area (Å²) in [5, 5.41) is 2.37. The molecule has 0 unspecified atom stereocenters. The number of sulfone groups is 1. The van der Waals surface area contributed by atoms with Crippen LogP contribution < -0.4 is 11.1 Å². The van der Waals surface area contributed by atoms with Crippen molar-refractivity contribution in [2.75, 3.05) is 17.3 Å². The number of nitrogen functional groups attached to an aromatic ring is 1. The molecule has 2 aromatic rings. The lowest BCUT2D eigenvalue weighted by atomic mass is 10.2. The summed E-state index contributed by atoms with van der Waals surface area (Å²) in [6.07, 6.45) is 1.01. The van der Waals surface area contributed by atoms with Crippen LogP contribution in [0.15, 0.2) is 47.4 Å². The molecule has 0 aliphatic carbocycles. The van der Waals surface area contributed by atoms with Gasteiger partial charge >= 0.3 is 0 Å². The highest BCUT2D eigenvalue weighted by atomic mass is 32.2. The van der Waals surface area contributed by atoms with E-state index in [0.29, 0.717) is 0 Å². The quantitative estimate of drug-likeness (QED) is 0.849. The summed E-state index contributed by atoms with van der Waals surface area (Å²) in [5.74, 6) is -1.23. The number of anilines is 2. The fourth-order valence-corrected chi connectivity index (χ4v) is 2.42. The molecule has 0 radical (unpaired) electrons. The van der Waals surface area contributed by atoms with Crippen LogP contribution in [0.3, 0.4) is 0 Å². The summed E-state index contributed by atoms with van der Waals surface area (Å²) in [7, 11) is -3.50. The molecule has 0 atom stereocenters. The molecule has 0 heterocycles. The second-order valence-electron chi connectivity index (χ2n) is 4.50. The standard InChI is InChI=1S/C14H13FN2O3S/c1-21(19,20)11-7-9(6-10(16)8-11)14(18)17-13-5-3-2-4-12(13)15/h2-8H,16H2,1H3,(H,17,18). The van der Waals surface area contributed by atoms with E-state index in [2.05, 4.69) is 5.32 Å². The molecule has 7 heteroatoms. The van der Waals surface area contributed by atoms with Crippen LogP contribution in [0, 0.1) is 5.82 Å². The normalized spacial score (nSPS) is 11.1. The van der Waals surface area contributed by atoms with Gasteiger partial charge in [-0.3, -0.25) is 4.79 Å². The van der Waals surface area contributed by atoms with Gasteiger partial charge in [-0.1, -0.05) is 12.1 Å². The van der Waals surface area contributed by atoms with E-state index >= 15 is 0 Å². The molecule has 0 aromatic heterocycles. The van der Waals surface area contributed by atoms with Crippen LogP contribution in [0.1, 0.15) is 10.4 Å². The maximum atomic E-state index is 13.5. The van der Waals surface area contributed by atoms with Gasteiger partial charge in [0, 0.05) is 17.5 Å². The van der Waals surface area contributed by atoms with E-state index in [1.165, 1.54) is 36.4 Å². The van der Waals surface area contributed by atoms with Crippen LogP contribution in [-0.2, 0) is 9.84 Å². The Morgan fingerprint density at radius 1 is 1.19 bits per heavy atom. The van der Waals surface area contributed by atoms with Crippen LogP contribution in [0.5, 0.6) is 0 Å². The zero-order chi connectivity index (χ0) is 15.6. The number of hydrogen-bond acceptors (Lipinski definition) is 4. The molecule has 0 aliphatic rings. The maximum absolute atomic E-state index is 13.5. The van der Waals surface area contributed by atoms with Gasteiger partial charge in [0.2, 0.25) is 0 Å². The maximum Gasteiger partial charge on any atom is 0.255 e. The third-order valence-corrected chi connectivity index (χ3v) is 3.83. The molecule has 0 bridgehead atoms. The Morgan fingerprint density at radius 3 is 2.48 bits per heavy atom. The minimum absolute atomic E-state index is 0.00540. The van der Waals surface area contributed by atoms with E-state index in [1.54, 1.807) is 6.07 Å². The Kier molecular flexibility index (Phi) is 3.95. The first-order chi connectivity index (χ1) is 9.77. The number of carbonyl (C=O) groups excluding carboxylic acids is 1. The molecule has 1 amide bonds. The highest BCUT2D eigenvalue weighted by Crippen LogP contribution is 2.19. The minimum Gasteiger partial charge on any atom is -0.399 e. The summed E-state index contributed by atoms with van der Waals surface area (Å²) in [6, 6.07) is 9.45. The van der Waals surface area contributed by atoms with Crippen molar-refractivity contribution in [3.63, 3.8) is 0 Å². The monoisotopic (exact) mass is 308 g/mol. The van der Waals surface area contributed by atoms with Crippen LogP contribution in [-0.4, -0.2) is 20.6 Å². The van der Waals surface area contributed by atoms with Crippen molar-refractivity contribution in [2.45, 2.75) is 4.90 Å². The highest BCUT2D eigenvalue weighted by molar-refractivity contribution is 7.90. The van der Waals surface area contributed by atoms with Gasteiger partial charge in [-0.05, 0) is 30.3 Å². The Bertz CT molecular complexity index is 804. The first kappa shape index (κ1) is 15.0. The Balaban J connectivity index is 2.36. The smallest absolute Gasteiger partial charge is 0.255 e. The molecule has 21 heavy (non-hydrogen) atoms. The number of amides is 1. The number of hydrogen-bond donors (Lipinski definition) is 2. The molecular formula is C14H13FN2O3S. The fourth-order valence-electron chi connectivity index (χ4n) is 1.72. The number of para-hydroxylation sites is 1. The van der Waals surface area contributed by atoms with Gasteiger partial charge in [0.05, 0.1) is 10.6 Å². The van der Waals surface area contributed by atoms with Gasteiger partial charge in [-0.2, -0.15) is 0 Å². The van der Waals surface area contributed by atoms with Crippen molar-refractivity contribution in [2.24, 2.45) is 0 Å². The second kappa shape index (κ2) is 5.53. The molecule has 3 N–H and O–H groups in total. The molecule has 0 spiro atoms. The van der Waals surface area contributed by atoms with Crippen LogP contribution in [0.4, 0.5) is 15.8 Å². The van der Waals surface area contributed by atoms with Crippen molar-refractivity contribution < 1.29 is 17.6 Å². The lowest BCUT2D eigenvalue weighted by Gasteiger charge is -2.08. The number of halogens is 1. The van der Waals surface area contributed by atoms with Gasteiger partial charge in [0.25, 0.3) is 5.91 Å². The van der Waals surface area contributed by atoms with Crippen LogP contribution in [0.2, 0.25) is 0 Å². The van der Waals surface area contributed by atoms with Crippen molar-refractivity contribution in [3.05, 3.63) is 53.8 Å². The van der Waals surface area contributed by atoms with Gasteiger partial charge in [-0.15, -0.1) is 0 Å². The molecule has 0 saturated heterocycles. The molecule has 0 fully saturated rings. The number of nitrogens with one attached hydrogen (secondary N) is 1. The largest absolute Gasteiger partial charge is 0.399 e. The second-order valence-corrected chi connectivity index (χ2v) is 6.51. The molecule has 2 aromatic carbocycles. The molecule has 0 aliphatic heterocycles. The van der Waals surface area contributed by atoms with Crippen LogP contribution >= 0.6 is 0 Å². The average Bonchev–Trinajstić information content (AvgIpc) is 2.39. The third-order valence-electron chi connectivity index (χ3n) is 2.74. The topological polar surface area (TPSA) is 89.3 Å². The van der Waals surface area contributed by atoms with E-state index < -0.39 is 21.6 Å². The zero-order valence-electron chi connectivity index (χ0n) is 11.1. The molecule has 5 nitrogen and oxygen atoms in total. The van der Waals surface area contributed by atoms with Crippen LogP contribution in [0.25, 0.3) is 0 Å². The molecule has 2 rings (SSSR count). The Hall–Kier alpha value is -2.41. The minimum atomic E-state index is -3.50. The number of carbonyl (C=O) groups is 1. The van der Waals surface area contributed by atoms with E-state index in [0.717, 1.165) is 6.26 Å². The van der Waals surface area contributed by atoms with Crippen molar-refractivity contribution >= 4 is 27.1 Å². The van der Waals surface area contributed by atoms with Crippen molar-refractivity contribution in [1.29, 1.82) is 0 Å². The van der Waals surface area contributed by atoms with E-state index in [1.807, 2.05) is 0 Å².